The van der Waals surface area contributed by atoms with Crippen molar-refractivity contribution in [2.75, 3.05) is 0 Å². The molecule has 3 nitrogen and oxygen atoms in total. The van der Waals surface area contributed by atoms with Crippen LogP contribution in [0.25, 0.3) is 0 Å². The van der Waals surface area contributed by atoms with E-state index >= 15 is 0 Å². The van der Waals surface area contributed by atoms with Crippen LogP contribution in [0.2, 0.25) is 0 Å². The van der Waals surface area contributed by atoms with Gasteiger partial charge in [0, 0.05) is 6.42 Å². The molecule has 58 valence electrons. The third-order valence-electron chi connectivity index (χ3n) is 0.579. The highest BCUT2D eigenvalue weighted by atomic mass is 19.3. The van der Waals surface area contributed by atoms with E-state index in [2.05, 4.69) is 4.74 Å². The standard InChI is InChI=1S/C5H6F2O3/c6-4(7)2-1-3-10-5(8)9/h1,3-4H,2H2,(H,8,9). The van der Waals surface area contributed by atoms with Gasteiger partial charge in [-0.25, -0.2) is 13.6 Å². The topological polar surface area (TPSA) is 46.5 Å². The quantitative estimate of drug-likeness (QED) is 0.495. The molecule has 0 bridgehead atoms. The van der Waals surface area contributed by atoms with E-state index in [0.717, 1.165) is 6.08 Å². The molecule has 0 saturated carbocycles. The summed E-state index contributed by atoms with van der Waals surface area (Å²) in [5.74, 6) is 0. The molecule has 0 aromatic carbocycles. The number of halogens is 2. The van der Waals surface area contributed by atoms with Crippen LogP contribution in [0.1, 0.15) is 6.42 Å². The molecule has 0 fully saturated rings. The van der Waals surface area contributed by atoms with E-state index in [4.69, 9.17) is 5.11 Å². The van der Waals surface area contributed by atoms with E-state index in [0.29, 0.717) is 6.26 Å². The van der Waals surface area contributed by atoms with Gasteiger partial charge in [0.2, 0.25) is 6.43 Å². The molecular weight excluding hydrogens is 146 g/mol. The minimum absolute atomic E-state index is 0.493. The van der Waals surface area contributed by atoms with Crippen molar-refractivity contribution >= 4 is 6.16 Å². The zero-order chi connectivity index (χ0) is 7.98. The summed E-state index contributed by atoms with van der Waals surface area (Å²) >= 11 is 0. The highest BCUT2D eigenvalue weighted by molar-refractivity contribution is 5.57. The van der Waals surface area contributed by atoms with E-state index in [1.54, 1.807) is 0 Å². The maximum atomic E-state index is 11.3. The molecule has 10 heavy (non-hydrogen) atoms. The average Bonchev–Trinajstić information content (AvgIpc) is 1.79. The Balaban J connectivity index is 3.29. The molecule has 0 aliphatic rings. The predicted molar refractivity (Wildman–Crippen MR) is 28.9 cm³/mol. The summed E-state index contributed by atoms with van der Waals surface area (Å²) in [6.45, 7) is 0. The van der Waals surface area contributed by atoms with Gasteiger partial charge in [0.1, 0.15) is 0 Å². The molecule has 0 rings (SSSR count). The van der Waals surface area contributed by atoms with Gasteiger partial charge in [-0.2, -0.15) is 0 Å². The molecule has 5 heteroatoms. The third-order valence-corrected chi connectivity index (χ3v) is 0.579. The van der Waals surface area contributed by atoms with Crippen molar-refractivity contribution in [1.82, 2.24) is 0 Å². The van der Waals surface area contributed by atoms with Gasteiger partial charge in [-0.1, -0.05) is 0 Å². The number of rotatable bonds is 3. The van der Waals surface area contributed by atoms with E-state index in [1.807, 2.05) is 0 Å². The van der Waals surface area contributed by atoms with Gasteiger partial charge in [-0.15, -0.1) is 0 Å². The van der Waals surface area contributed by atoms with Crippen molar-refractivity contribution in [2.45, 2.75) is 12.8 Å². The fourth-order valence-electron chi connectivity index (χ4n) is 0.265. The predicted octanol–water partition coefficient (Wildman–Crippen LogP) is 1.85. The van der Waals surface area contributed by atoms with E-state index in [1.165, 1.54) is 0 Å². The highest BCUT2D eigenvalue weighted by Crippen LogP contribution is 1.98. The number of hydrogen-bond acceptors (Lipinski definition) is 2. The second kappa shape index (κ2) is 4.72. The average molecular weight is 152 g/mol. The fourth-order valence-corrected chi connectivity index (χ4v) is 0.265. The maximum Gasteiger partial charge on any atom is 0.510 e. The molecule has 0 aliphatic heterocycles. The van der Waals surface area contributed by atoms with Crippen molar-refractivity contribution in [3.8, 4) is 0 Å². The van der Waals surface area contributed by atoms with Crippen molar-refractivity contribution in [1.29, 1.82) is 0 Å². The van der Waals surface area contributed by atoms with Gasteiger partial charge in [0.25, 0.3) is 0 Å². The Morgan fingerprint density at radius 1 is 1.70 bits per heavy atom. The first-order chi connectivity index (χ1) is 4.63. The molecule has 0 saturated heterocycles. The van der Waals surface area contributed by atoms with Gasteiger partial charge < -0.3 is 9.84 Å². The summed E-state index contributed by atoms with van der Waals surface area (Å²) in [6.07, 6.45) is -2.81. The molecule has 0 heterocycles. The molecule has 0 spiro atoms. The Morgan fingerprint density at radius 2 is 2.30 bits per heavy atom. The Morgan fingerprint density at radius 3 is 2.70 bits per heavy atom. The third kappa shape index (κ3) is 6.87. The first-order valence-electron chi connectivity index (χ1n) is 2.45. The second-order valence-corrected chi connectivity index (χ2v) is 1.38. The zero-order valence-corrected chi connectivity index (χ0v) is 4.96. The Kier molecular flexibility index (Phi) is 4.19. The van der Waals surface area contributed by atoms with Gasteiger partial charge >= 0.3 is 6.16 Å². The molecule has 0 radical (unpaired) electrons. The summed E-state index contributed by atoms with van der Waals surface area (Å²) in [7, 11) is 0. The van der Waals surface area contributed by atoms with Gasteiger partial charge in [-0.3, -0.25) is 0 Å². The molecular formula is C5H6F2O3. The summed E-state index contributed by atoms with van der Waals surface area (Å²) in [6, 6.07) is 0. The van der Waals surface area contributed by atoms with Crippen LogP contribution in [0.4, 0.5) is 13.6 Å². The van der Waals surface area contributed by atoms with E-state index < -0.39 is 19.0 Å². The number of carboxylic acid groups (broad SMARTS) is 1. The summed E-state index contributed by atoms with van der Waals surface area (Å²) in [5.41, 5.74) is 0. The number of allylic oxidation sites excluding steroid dienone is 1. The van der Waals surface area contributed by atoms with Crippen LogP contribution in [-0.4, -0.2) is 17.7 Å². The molecule has 0 aliphatic carbocycles. The minimum atomic E-state index is -2.46. The zero-order valence-electron chi connectivity index (χ0n) is 4.96. The van der Waals surface area contributed by atoms with Gasteiger partial charge in [-0.05, 0) is 6.08 Å². The fraction of sp³-hybridized carbons (Fsp3) is 0.400. The number of carbonyl (C=O) groups is 1. The van der Waals surface area contributed by atoms with Crippen molar-refractivity contribution in [2.24, 2.45) is 0 Å². The first-order valence-corrected chi connectivity index (χ1v) is 2.45. The van der Waals surface area contributed by atoms with Crippen LogP contribution < -0.4 is 0 Å². The largest absolute Gasteiger partial charge is 0.510 e. The Bertz CT molecular complexity index is 133. The molecule has 0 aromatic rings. The summed E-state index contributed by atoms with van der Waals surface area (Å²) in [5, 5.41) is 7.82. The van der Waals surface area contributed by atoms with E-state index in [9.17, 15) is 13.6 Å². The second-order valence-electron chi connectivity index (χ2n) is 1.38. The number of ether oxygens (including phenoxy) is 1. The number of alkyl halides is 2. The van der Waals surface area contributed by atoms with Crippen molar-refractivity contribution < 1.29 is 23.4 Å². The molecule has 0 unspecified atom stereocenters. The normalized spacial score (nSPS) is 10.7. The maximum absolute atomic E-state index is 11.3. The van der Waals surface area contributed by atoms with Crippen LogP contribution in [-0.2, 0) is 4.74 Å². The highest BCUT2D eigenvalue weighted by Gasteiger charge is 1.96. The lowest BCUT2D eigenvalue weighted by atomic mass is 10.4. The SMILES string of the molecule is O=C(O)OC=CCC(F)F. The van der Waals surface area contributed by atoms with Crippen LogP contribution in [0, 0.1) is 0 Å². The Labute approximate surface area is 55.9 Å². The minimum Gasteiger partial charge on any atom is -0.449 e. The molecule has 1 N–H and O–H groups in total. The Hall–Kier alpha value is -1.13. The van der Waals surface area contributed by atoms with Crippen molar-refractivity contribution in [3.63, 3.8) is 0 Å². The molecule has 0 amide bonds. The summed E-state index contributed by atoms with van der Waals surface area (Å²) < 4.78 is 26.4. The monoisotopic (exact) mass is 152 g/mol. The lowest BCUT2D eigenvalue weighted by Crippen LogP contribution is -1.92. The van der Waals surface area contributed by atoms with Gasteiger partial charge in [0.05, 0.1) is 6.26 Å². The van der Waals surface area contributed by atoms with Crippen LogP contribution >= 0.6 is 0 Å². The lowest BCUT2D eigenvalue weighted by Gasteiger charge is -1.89. The summed E-state index contributed by atoms with van der Waals surface area (Å²) in [4.78, 5) is 9.58. The van der Waals surface area contributed by atoms with Crippen molar-refractivity contribution in [3.05, 3.63) is 12.3 Å². The van der Waals surface area contributed by atoms with Crippen LogP contribution in [0.3, 0.4) is 0 Å². The van der Waals surface area contributed by atoms with Gasteiger partial charge in [0.15, 0.2) is 0 Å². The lowest BCUT2D eigenvalue weighted by molar-refractivity contribution is 0.125. The number of hydrogen-bond donors (Lipinski definition) is 1. The van der Waals surface area contributed by atoms with Crippen LogP contribution in [0.15, 0.2) is 12.3 Å². The smallest absolute Gasteiger partial charge is 0.449 e. The van der Waals surface area contributed by atoms with E-state index in [-0.39, 0.29) is 0 Å². The molecule has 0 aromatic heterocycles. The molecule has 0 atom stereocenters. The first kappa shape index (κ1) is 8.87. The van der Waals surface area contributed by atoms with Crippen LogP contribution in [0.5, 0.6) is 0 Å².